The quantitative estimate of drug-likeness (QED) is 0.759. The smallest absolute Gasteiger partial charge is 0.221 e. The number of hydrogen-bond acceptors (Lipinski definition) is 3. The summed E-state index contributed by atoms with van der Waals surface area (Å²) in [5.41, 5.74) is 0.703. The van der Waals surface area contributed by atoms with Crippen molar-refractivity contribution < 1.29 is 13.2 Å². The minimum Gasteiger partial charge on any atom is -0.356 e. The van der Waals surface area contributed by atoms with E-state index in [2.05, 4.69) is 23.9 Å². The molecule has 1 unspecified atom stereocenters. The van der Waals surface area contributed by atoms with Crippen molar-refractivity contribution in [2.24, 2.45) is 5.92 Å². The molecular weight excluding hydrogens is 324 g/mol. The second-order valence-corrected chi connectivity index (χ2v) is 7.95. The van der Waals surface area contributed by atoms with Crippen molar-refractivity contribution in [1.82, 2.24) is 10.0 Å². The first-order valence-corrected chi connectivity index (χ1v) is 9.44. The van der Waals surface area contributed by atoms with Gasteiger partial charge >= 0.3 is 0 Å². The average molecular weight is 347 g/mol. The summed E-state index contributed by atoms with van der Waals surface area (Å²) >= 11 is 5.84. The Labute approximate surface area is 137 Å². The van der Waals surface area contributed by atoms with Crippen LogP contribution in [0.25, 0.3) is 0 Å². The molecule has 22 heavy (non-hydrogen) atoms. The zero-order valence-electron chi connectivity index (χ0n) is 13.1. The van der Waals surface area contributed by atoms with Crippen LogP contribution in [0.5, 0.6) is 0 Å². The first kappa shape index (κ1) is 18.9. The molecule has 1 atom stereocenters. The van der Waals surface area contributed by atoms with Gasteiger partial charge in [0.25, 0.3) is 0 Å². The van der Waals surface area contributed by atoms with Crippen LogP contribution in [-0.2, 0) is 14.8 Å². The molecule has 0 aliphatic heterocycles. The molecule has 0 saturated carbocycles. The molecule has 5 nitrogen and oxygen atoms in total. The van der Waals surface area contributed by atoms with E-state index >= 15 is 0 Å². The number of benzene rings is 1. The van der Waals surface area contributed by atoms with Gasteiger partial charge in [0.15, 0.2) is 0 Å². The number of amides is 1. The van der Waals surface area contributed by atoms with Crippen molar-refractivity contribution in [3.63, 3.8) is 0 Å². The van der Waals surface area contributed by atoms with E-state index in [4.69, 9.17) is 11.6 Å². The Kier molecular flexibility index (Phi) is 7.32. The van der Waals surface area contributed by atoms with E-state index in [9.17, 15) is 13.2 Å². The third kappa shape index (κ3) is 7.77. The first-order chi connectivity index (χ1) is 10.2. The topological polar surface area (TPSA) is 75.3 Å². The molecule has 0 spiro atoms. The predicted octanol–water partition coefficient (Wildman–Crippen LogP) is 2.48. The standard InChI is InChI=1S/C15H23ClN2O3S/c1-11(2)8-9-17-15(19)10-14(18-22(3,20)21)12-4-6-13(16)7-5-12/h4-7,11,14,18H,8-10H2,1-3H3,(H,17,19). The minimum atomic E-state index is -3.42. The Morgan fingerprint density at radius 1 is 1.23 bits per heavy atom. The molecule has 0 radical (unpaired) electrons. The van der Waals surface area contributed by atoms with Crippen LogP contribution in [0.2, 0.25) is 5.02 Å². The minimum absolute atomic E-state index is 0.0484. The van der Waals surface area contributed by atoms with Crippen molar-refractivity contribution in [3.8, 4) is 0 Å². The molecule has 1 rings (SSSR count). The van der Waals surface area contributed by atoms with Crippen LogP contribution in [0.1, 0.15) is 38.3 Å². The number of carbonyl (C=O) groups is 1. The molecule has 0 bridgehead atoms. The van der Waals surface area contributed by atoms with E-state index < -0.39 is 16.1 Å². The average Bonchev–Trinajstić information content (AvgIpc) is 2.36. The van der Waals surface area contributed by atoms with E-state index in [0.717, 1.165) is 12.7 Å². The molecule has 2 N–H and O–H groups in total. The van der Waals surface area contributed by atoms with Gasteiger partial charge in [-0.2, -0.15) is 0 Å². The second kappa shape index (κ2) is 8.50. The van der Waals surface area contributed by atoms with Crippen molar-refractivity contribution >= 4 is 27.5 Å². The van der Waals surface area contributed by atoms with Crippen LogP contribution in [-0.4, -0.2) is 27.1 Å². The van der Waals surface area contributed by atoms with Crippen LogP contribution >= 0.6 is 11.6 Å². The van der Waals surface area contributed by atoms with Gasteiger partial charge in [-0.1, -0.05) is 37.6 Å². The maximum atomic E-state index is 12.0. The molecule has 1 aromatic rings. The summed E-state index contributed by atoms with van der Waals surface area (Å²) in [6.45, 7) is 4.74. The third-order valence-corrected chi connectivity index (χ3v) is 4.03. The molecule has 0 aliphatic carbocycles. The van der Waals surface area contributed by atoms with Crippen LogP contribution < -0.4 is 10.0 Å². The summed E-state index contributed by atoms with van der Waals surface area (Å²) in [6.07, 6.45) is 2.01. The van der Waals surface area contributed by atoms with Gasteiger partial charge in [-0.05, 0) is 30.0 Å². The fourth-order valence-corrected chi connectivity index (χ4v) is 2.80. The van der Waals surface area contributed by atoms with E-state index in [1.54, 1.807) is 24.3 Å². The maximum absolute atomic E-state index is 12.0. The highest BCUT2D eigenvalue weighted by molar-refractivity contribution is 7.88. The Balaban J connectivity index is 2.74. The van der Waals surface area contributed by atoms with Gasteiger partial charge in [-0.15, -0.1) is 0 Å². The van der Waals surface area contributed by atoms with Crippen molar-refractivity contribution in [2.75, 3.05) is 12.8 Å². The van der Waals surface area contributed by atoms with E-state index in [1.165, 1.54) is 0 Å². The molecule has 7 heteroatoms. The fourth-order valence-electron chi connectivity index (χ4n) is 1.94. The predicted molar refractivity (Wildman–Crippen MR) is 89.3 cm³/mol. The summed E-state index contributed by atoms with van der Waals surface area (Å²) in [6, 6.07) is 6.17. The largest absolute Gasteiger partial charge is 0.356 e. The van der Waals surface area contributed by atoms with Gasteiger partial charge in [0.1, 0.15) is 0 Å². The van der Waals surface area contributed by atoms with Crippen LogP contribution in [0.15, 0.2) is 24.3 Å². The molecule has 0 fully saturated rings. The van der Waals surface area contributed by atoms with Crippen LogP contribution in [0.4, 0.5) is 0 Å². The third-order valence-electron chi connectivity index (χ3n) is 3.06. The molecular formula is C15H23ClN2O3S. The highest BCUT2D eigenvalue weighted by Crippen LogP contribution is 2.20. The van der Waals surface area contributed by atoms with Crippen LogP contribution in [0, 0.1) is 5.92 Å². The van der Waals surface area contributed by atoms with Gasteiger partial charge in [0.2, 0.25) is 15.9 Å². The van der Waals surface area contributed by atoms with E-state index in [-0.39, 0.29) is 12.3 Å². The number of sulfonamides is 1. The lowest BCUT2D eigenvalue weighted by atomic mass is 10.0. The molecule has 0 aromatic heterocycles. The number of nitrogens with one attached hydrogen (secondary N) is 2. The Hall–Kier alpha value is -1.11. The highest BCUT2D eigenvalue weighted by Gasteiger charge is 2.19. The summed E-state index contributed by atoms with van der Waals surface area (Å²) < 4.78 is 25.5. The Bertz CT molecular complexity index is 585. The van der Waals surface area contributed by atoms with Crippen molar-refractivity contribution in [1.29, 1.82) is 0 Å². The SMILES string of the molecule is CC(C)CCNC(=O)CC(NS(C)(=O)=O)c1ccc(Cl)cc1. The lowest BCUT2D eigenvalue weighted by molar-refractivity contribution is -0.121. The second-order valence-electron chi connectivity index (χ2n) is 5.73. The number of carbonyl (C=O) groups excluding carboxylic acids is 1. The summed E-state index contributed by atoms with van der Waals surface area (Å²) in [4.78, 5) is 12.0. The van der Waals surface area contributed by atoms with Gasteiger partial charge in [-0.3, -0.25) is 4.79 Å². The number of halogens is 1. The zero-order valence-corrected chi connectivity index (χ0v) is 14.7. The van der Waals surface area contributed by atoms with Gasteiger partial charge in [0, 0.05) is 18.0 Å². The maximum Gasteiger partial charge on any atom is 0.221 e. The summed E-state index contributed by atoms with van der Waals surface area (Å²) in [5, 5.41) is 3.37. The number of hydrogen-bond donors (Lipinski definition) is 2. The molecule has 0 aliphatic rings. The molecule has 0 heterocycles. The van der Waals surface area contributed by atoms with E-state index in [0.29, 0.717) is 23.0 Å². The molecule has 124 valence electrons. The van der Waals surface area contributed by atoms with Gasteiger partial charge in [-0.25, -0.2) is 13.1 Å². The lowest BCUT2D eigenvalue weighted by Crippen LogP contribution is -2.33. The normalized spacial score (nSPS) is 13.1. The van der Waals surface area contributed by atoms with Crippen molar-refractivity contribution in [3.05, 3.63) is 34.9 Å². The molecule has 0 saturated heterocycles. The first-order valence-electron chi connectivity index (χ1n) is 7.17. The van der Waals surface area contributed by atoms with E-state index in [1.807, 2.05) is 0 Å². The van der Waals surface area contributed by atoms with Gasteiger partial charge in [0.05, 0.1) is 12.3 Å². The summed E-state index contributed by atoms with van der Waals surface area (Å²) in [7, 11) is -3.42. The summed E-state index contributed by atoms with van der Waals surface area (Å²) in [5.74, 6) is 0.318. The number of rotatable bonds is 8. The molecule has 1 aromatic carbocycles. The monoisotopic (exact) mass is 346 g/mol. The Morgan fingerprint density at radius 2 is 1.82 bits per heavy atom. The highest BCUT2D eigenvalue weighted by atomic mass is 35.5. The fraction of sp³-hybridized carbons (Fsp3) is 0.533. The molecule has 1 amide bonds. The van der Waals surface area contributed by atoms with Gasteiger partial charge < -0.3 is 5.32 Å². The van der Waals surface area contributed by atoms with Crippen molar-refractivity contribution in [2.45, 2.75) is 32.7 Å². The lowest BCUT2D eigenvalue weighted by Gasteiger charge is -2.18. The zero-order chi connectivity index (χ0) is 16.8. The Morgan fingerprint density at radius 3 is 2.32 bits per heavy atom. The van der Waals surface area contributed by atoms with Crippen LogP contribution in [0.3, 0.4) is 0 Å².